The summed E-state index contributed by atoms with van der Waals surface area (Å²) < 4.78 is 4.82. The van der Waals surface area contributed by atoms with Gasteiger partial charge < -0.3 is 10.1 Å². The summed E-state index contributed by atoms with van der Waals surface area (Å²) in [6, 6.07) is 0.481. The number of ether oxygens (including phenoxy) is 1. The molecule has 0 aromatic rings. The van der Waals surface area contributed by atoms with Crippen molar-refractivity contribution in [2.24, 2.45) is 0 Å². The summed E-state index contributed by atoms with van der Waals surface area (Å²) in [5.74, 6) is -0.237. The maximum absolute atomic E-state index is 11.1. The lowest BCUT2D eigenvalue weighted by atomic mass is 10.0. The lowest BCUT2D eigenvalue weighted by Gasteiger charge is -2.23. The normalized spacial score (nSPS) is 25.4. The zero-order valence-corrected chi connectivity index (χ0v) is 8.30. The fourth-order valence-electron chi connectivity index (χ4n) is 1.50. The standard InChI is InChI=1S/C10H17NO2/c1-3-13-10(12)7-9-6-4-5-8(2)11-9/h7-8,11H,3-6H2,1-2H3/b9-7+. The SMILES string of the molecule is CCOC(=O)/C=C1\CCCC(C)N1. The second-order valence-corrected chi connectivity index (χ2v) is 3.36. The Hall–Kier alpha value is -0.990. The monoisotopic (exact) mass is 183 g/mol. The summed E-state index contributed by atoms with van der Waals surface area (Å²) in [5, 5.41) is 3.27. The van der Waals surface area contributed by atoms with E-state index in [1.165, 1.54) is 6.42 Å². The van der Waals surface area contributed by atoms with E-state index in [1.807, 2.05) is 6.92 Å². The molecule has 0 amide bonds. The van der Waals surface area contributed by atoms with E-state index in [1.54, 1.807) is 6.08 Å². The van der Waals surface area contributed by atoms with Crippen molar-refractivity contribution in [2.75, 3.05) is 6.61 Å². The largest absolute Gasteiger partial charge is 0.463 e. The average molecular weight is 183 g/mol. The molecule has 0 radical (unpaired) electrons. The first-order valence-electron chi connectivity index (χ1n) is 4.86. The number of rotatable bonds is 2. The third kappa shape index (κ3) is 3.49. The Bertz CT molecular complexity index is 211. The smallest absolute Gasteiger partial charge is 0.332 e. The van der Waals surface area contributed by atoms with Crippen LogP contribution in [0.15, 0.2) is 11.8 Å². The Morgan fingerprint density at radius 1 is 1.77 bits per heavy atom. The minimum absolute atomic E-state index is 0.237. The first-order valence-corrected chi connectivity index (χ1v) is 4.86. The quantitative estimate of drug-likeness (QED) is 0.522. The summed E-state index contributed by atoms with van der Waals surface area (Å²) in [7, 11) is 0. The van der Waals surface area contributed by atoms with Crippen molar-refractivity contribution in [1.82, 2.24) is 5.32 Å². The summed E-state index contributed by atoms with van der Waals surface area (Å²) in [4.78, 5) is 11.1. The minimum atomic E-state index is -0.237. The Labute approximate surface area is 79.2 Å². The van der Waals surface area contributed by atoms with Crippen LogP contribution in [0.25, 0.3) is 0 Å². The van der Waals surface area contributed by atoms with Crippen LogP contribution in [-0.4, -0.2) is 18.6 Å². The molecule has 0 bridgehead atoms. The number of nitrogens with one attached hydrogen (secondary N) is 1. The number of esters is 1. The van der Waals surface area contributed by atoms with Gasteiger partial charge in [0.2, 0.25) is 0 Å². The molecule has 1 heterocycles. The predicted molar refractivity (Wildman–Crippen MR) is 51.2 cm³/mol. The molecule has 0 spiro atoms. The third-order valence-corrected chi connectivity index (χ3v) is 2.09. The molecular weight excluding hydrogens is 166 g/mol. The molecule has 3 nitrogen and oxygen atoms in total. The zero-order valence-electron chi connectivity index (χ0n) is 8.30. The first-order chi connectivity index (χ1) is 6.22. The number of hydrogen-bond acceptors (Lipinski definition) is 3. The molecule has 1 atom stereocenters. The molecule has 0 aliphatic carbocycles. The molecule has 3 heteroatoms. The van der Waals surface area contributed by atoms with Crippen molar-refractivity contribution in [3.05, 3.63) is 11.8 Å². The third-order valence-electron chi connectivity index (χ3n) is 2.09. The van der Waals surface area contributed by atoms with E-state index in [4.69, 9.17) is 4.74 Å². The maximum atomic E-state index is 11.1. The molecule has 1 fully saturated rings. The maximum Gasteiger partial charge on any atom is 0.332 e. The molecule has 0 aromatic carbocycles. The molecule has 0 aromatic heterocycles. The topological polar surface area (TPSA) is 38.3 Å². The molecule has 1 unspecified atom stereocenters. The fourth-order valence-corrected chi connectivity index (χ4v) is 1.50. The first kappa shape index (κ1) is 10.1. The van der Waals surface area contributed by atoms with Crippen LogP contribution in [0.1, 0.15) is 33.1 Å². The van der Waals surface area contributed by atoms with Gasteiger partial charge in [-0.2, -0.15) is 0 Å². The highest BCUT2D eigenvalue weighted by Crippen LogP contribution is 2.14. The minimum Gasteiger partial charge on any atom is -0.463 e. The highest BCUT2D eigenvalue weighted by Gasteiger charge is 2.12. The fraction of sp³-hybridized carbons (Fsp3) is 0.700. The van der Waals surface area contributed by atoms with Gasteiger partial charge in [0.05, 0.1) is 6.61 Å². The van der Waals surface area contributed by atoms with Crippen LogP contribution in [0.3, 0.4) is 0 Å². The molecular formula is C10H17NO2. The molecule has 1 rings (SSSR count). The summed E-state index contributed by atoms with van der Waals surface area (Å²) >= 11 is 0. The van der Waals surface area contributed by atoms with Crippen LogP contribution < -0.4 is 5.32 Å². The Kier molecular flexibility index (Phi) is 3.80. The molecule has 0 saturated carbocycles. The molecule has 74 valence electrons. The number of carbonyl (C=O) groups excluding carboxylic acids is 1. The van der Waals surface area contributed by atoms with E-state index in [0.29, 0.717) is 12.6 Å². The second-order valence-electron chi connectivity index (χ2n) is 3.36. The number of allylic oxidation sites excluding steroid dienone is 1. The second kappa shape index (κ2) is 4.90. The summed E-state index contributed by atoms with van der Waals surface area (Å²) in [6.07, 6.45) is 4.86. The van der Waals surface area contributed by atoms with E-state index >= 15 is 0 Å². The Balaban J connectivity index is 2.44. The van der Waals surface area contributed by atoms with Gasteiger partial charge in [-0.15, -0.1) is 0 Å². The van der Waals surface area contributed by atoms with Crippen molar-refractivity contribution in [1.29, 1.82) is 0 Å². The highest BCUT2D eigenvalue weighted by molar-refractivity contribution is 5.82. The van der Waals surface area contributed by atoms with Crippen molar-refractivity contribution < 1.29 is 9.53 Å². The van der Waals surface area contributed by atoms with E-state index in [9.17, 15) is 4.79 Å². The number of hydrogen-bond donors (Lipinski definition) is 1. The lowest BCUT2D eigenvalue weighted by molar-refractivity contribution is -0.137. The highest BCUT2D eigenvalue weighted by atomic mass is 16.5. The number of piperidine rings is 1. The van der Waals surface area contributed by atoms with Crippen LogP contribution in [-0.2, 0) is 9.53 Å². The predicted octanol–water partition coefficient (Wildman–Crippen LogP) is 1.60. The Morgan fingerprint density at radius 3 is 3.15 bits per heavy atom. The summed E-state index contributed by atoms with van der Waals surface area (Å²) in [5.41, 5.74) is 1.01. The zero-order chi connectivity index (χ0) is 9.68. The van der Waals surface area contributed by atoms with Gasteiger partial charge >= 0.3 is 5.97 Å². The van der Waals surface area contributed by atoms with Crippen molar-refractivity contribution in [3.8, 4) is 0 Å². The van der Waals surface area contributed by atoms with E-state index in [-0.39, 0.29) is 5.97 Å². The summed E-state index contributed by atoms with van der Waals surface area (Å²) in [6.45, 7) is 4.38. The number of carbonyl (C=O) groups is 1. The van der Waals surface area contributed by atoms with Gasteiger partial charge in [-0.25, -0.2) is 4.79 Å². The van der Waals surface area contributed by atoms with E-state index in [0.717, 1.165) is 18.5 Å². The van der Waals surface area contributed by atoms with Gasteiger partial charge in [0, 0.05) is 17.8 Å². The molecule has 1 aliphatic rings. The molecule has 1 saturated heterocycles. The van der Waals surface area contributed by atoms with Gasteiger partial charge in [-0.1, -0.05) is 0 Å². The van der Waals surface area contributed by atoms with Gasteiger partial charge in [0.25, 0.3) is 0 Å². The van der Waals surface area contributed by atoms with Gasteiger partial charge in [0.15, 0.2) is 0 Å². The van der Waals surface area contributed by atoms with Gasteiger partial charge in [-0.05, 0) is 33.1 Å². The van der Waals surface area contributed by atoms with Gasteiger partial charge in [0.1, 0.15) is 0 Å². The van der Waals surface area contributed by atoms with Crippen molar-refractivity contribution >= 4 is 5.97 Å². The van der Waals surface area contributed by atoms with Crippen LogP contribution in [0.2, 0.25) is 0 Å². The Morgan fingerprint density at radius 2 is 2.54 bits per heavy atom. The van der Waals surface area contributed by atoms with Crippen LogP contribution in [0.5, 0.6) is 0 Å². The average Bonchev–Trinajstić information content (AvgIpc) is 2.04. The lowest BCUT2D eigenvalue weighted by Crippen LogP contribution is -2.30. The molecule has 1 N–H and O–H groups in total. The van der Waals surface area contributed by atoms with Crippen LogP contribution in [0, 0.1) is 0 Å². The van der Waals surface area contributed by atoms with Crippen molar-refractivity contribution in [2.45, 2.75) is 39.2 Å². The molecule has 1 aliphatic heterocycles. The van der Waals surface area contributed by atoms with Crippen molar-refractivity contribution in [3.63, 3.8) is 0 Å². The van der Waals surface area contributed by atoms with Gasteiger partial charge in [-0.3, -0.25) is 0 Å². The van der Waals surface area contributed by atoms with Crippen LogP contribution >= 0.6 is 0 Å². The molecule has 13 heavy (non-hydrogen) atoms. The van der Waals surface area contributed by atoms with E-state index in [2.05, 4.69) is 12.2 Å². The van der Waals surface area contributed by atoms with E-state index < -0.39 is 0 Å². The van der Waals surface area contributed by atoms with Crippen LogP contribution in [0.4, 0.5) is 0 Å².